The Morgan fingerprint density at radius 2 is 1.15 bits per heavy atom. The van der Waals surface area contributed by atoms with Gasteiger partial charge in [0.2, 0.25) is 0 Å². The second kappa shape index (κ2) is 11.2. The quantitative estimate of drug-likeness (QED) is 0.257. The lowest BCUT2D eigenvalue weighted by atomic mass is 10.2. The third-order valence-corrected chi connectivity index (χ3v) is 8.53. The van der Waals surface area contributed by atoms with Crippen LogP contribution in [-0.4, -0.2) is 29.9 Å². The summed E-state index contributed by atoms with van der Waals surface area (Å²) in [5.41, 5.74) is 3.11. The number of nitrogens with one attached hydrogen (secondary N) is 3. The minimum atomic E-state index is -3.90. The predicted molar refractivity (Wildman–Crippen MR) is 151 cm³/mol. The smallest absolute Gasteiger partial charge is 0.262 e. The second-order valence-corrected chi connectivity index (χ2v) is 12.1. The van der Waals surface area contributed by atoms with E-state index < -0.39 is 26.0 Å². The molecule has 0 aliphatic carbocycles. The Kier molecular flexibility index (Phi) is 7.93. The Bertz CT molecular complexity index is 1700. The molecule has 4 aromatic carbocycles. The zero-order valence-corrected chi connectivity index (χ0v) is 23.1. The van der Waals surface area contributed by atoms with Crippen molar-refractivity contribution in [3.63, 3.8) is 0 Å². The molecule has 0 bridgehead atoms. The molecular formula is C28H27N3O6S2. The van der Waals surface area contributed by atoms with Crippen LogP contribution in [0.15, 0.2) is 101 Å². The molecule has 3 N–H and O–H groups in total. The molecule has 9 nitrogen and oxygen atoms in total. The van der Waals surface area contributed by atoms with Gasteiger partial charge in [-0.2, -0.15) is 0 Å². The molecule has 0 atom stereocenters. The summed E-state index contributed by atoms with van der Waals surface area (Å²) in [5, 5.41) is 2.70. The van der Waals surface area contributed by atoms with Gasteiger partial charge in [0.1, 0.15) is 5.75 Å². The molecule has 0 spiro atoms. The lowest BCUT2D eigenvalue weighted by molar-refractivity contribution is 0.102. The van der Waals surface area contributed by atoms with Crippen molar-refractivity contribution in [2.75, 3.05) is 21.9 Å². The highest BCUT2D eigenvalue weighted by atomic mass is 32.2. The van der Waals surface area contributed by atoms with E-state index in [9.17, 15) is 21.6 Å². The van der Waals surface area contributed by atoms with Crippen LogP contribution in [0.1, 0.15) is 21.5 Å². The maximum Gasteiger partial charge on any atom is 0.262 e. The van der Waals surface area contributed by atoms with Gasteiger partial charge in [0, 0.05) is 16.9 Å². The predicted octanol–water partition coefficient (Wildman–Crippen LogP) is 5.17. The molecule has 0 unspecified atom stereocenters. The Morgan fingerprint density at radius 3 is 1.74 bits per heavy atom. The molecule has 0 aromatic heterocycles. The molecule has 0 radical (unpaired) electrons. The van der Waals surface area contributed by atoms with Crippen LogP contribution in [0.5, 0.6) is 5.75 Å². The molecule has 0 saturated heterocycles. The van der Waals surface area contributed by atoms with Gasteiger partial charge in [-0.15, -0.1) is 0 Å². The molecule has 4 aromatic rings. The van der Waals surface area contributed by atoms with Crippen LogP contribution in [-0.2, 0) is 20.0 Å². The second-order valence-electron chi connectivity index (χ2n) is 8.78. The van der Waals surface area contributed by atoms with Crippen molar-refractivity contribution in [3.8, 4) is 5.75 Å². The largest absolute Gasteiger partial charge is 0.495 e. The van der Waals surface area contributed by atoms with Crippen LogP contribution in [0.4, 0.5) is 17.1 Å². The van der Waals surface area contributed by atoms with Gasteiger partial charge in [-0.05, 0) is 92.2 Å². The van der Waals surface area contributed by atoms with Gasteiger partial charge in [0.15, 0.2) is 0 Å². The summed E-state index contributed by atoms with van der Waals surface area (Å²) in [6.07, 6.45) is 0. The van der Waals surface area contributed by atoms with Gasteiger partial charge in [0.05, 0.1) is 22.6 Å². The first-order valence-electron chi connectivity index (χ1n) is 11.8. The minimum absolute atomic E-state index is 0.00858. The summed E-state index contributed by atoms with van der Waals surface area (Å²) >= 11 is 0. The van der Waals surface area contributed by atoms with Gasteiger partial charge >= 0.3 is 0 Å². The lowest BCUT2D eigenvalue weighted by Gasteiger charge is -2.13. The summed E-state index contributed by atoms with van der Waals surface area (Å²) in [6, 6.07) is 23.3. The molecule has 0 aliphatic rings. The summed E-state index contributed by atoms with van der Waals surface area (Å²) in [7, 11) is -6.21. The Balaban J connectivity index is 1.41. The highest BCUT2D eigenvalue weighted by Crippen LogP contribution is 2.28. The summed E-state index contributed by atoms with van der Waals surface area (Å²) < 4.78 is 61.1. The Hall–Kier alpha value is -4.35. The number of hydrogen-bond acceptors (Lipinski definition) is 6. The van der Waals surface area contributed by atoms with Crippen molar-refractivity contribution in [1.29, 1.82) is 0 Å². The number of rotatable bonds is 9. The number of carbonyl (C=O) groups excluding carboxylic acids is 1. The van der Waals surface area contributed by atoms with E-state index in [1.54, 1.807) is 24.3 Å². The van der Waals surface area contributed by atoms with Crippen molar-refractivity contribution in [2.45, 2.75) is 23.6 Å². The minimum Gasteiger partial charge on any atom is -0.495 e. The van der Waals surface area contributed by atoms with Gasteiger partial charge in [-0.3, -0.25) is 14.2 Å². The fourth-order valence-corrected chi connectivity index (χ4v) is 5.77. The number of ether oxygens (including phenoxy) is 1. The topological polar surface area (TPSA) is 131 Å². The van der Waals surface area contributed by atoms with Crippen molar-refractivity contribution >= 4 is 43.0 Å². The fraction of sp³-hybridized carbons (Fsp3) is 0.107. The van der Waals surface area contributed by atoms with Crippen LogP contribution in [0.25, 0.3) is 0 Å². The van der Waals surface area contributed by atoms with E-state index in [2.05, 4.69) is 14.8 Å². The van der Waals surface area contributed by atoms with Crippen molar-refractivity contribution in [1.82, 2.24) is 0 Å². The summed E-state index contributed by atoms with van der Waals surface area (Å²) in [5.74, 6) is -0.0526. The van der Waals surface area contributed by atoms with Crippen molar-refractivity contribution < 1.29 is 26.4 Å². The van der Waals surface area contributed by atoms with Crippen LogP contribution in [0.2, 0.25) is 0 Å². The number of benzene rings is 4. The first-order chi connectivity index (χ1) is 18.5. The molecule has 0 saturated carbocycles. The lowest BCUT2D eigenvalue weighted by Crippen LogP contribution is -2.15. The molecule has 39 heavy (non-hydrogen) atoms. The van der Waals surface area contributed by atoms with E-state index in [4.69, 9.17) is 4.74 Å². The number of hydrogen-bond donors (Lipinski definition) is 3. The molecule has 202 valence electrons. The van der Waals surface area contributed by atoms with Crippen LogP contribution in [0.3, 0.4) is 0 Å². The average molecular weight is 566 g/mol. The van der Waals surface area contributed by atoms with E-state index in [-0.39, 0.29) is 15.4 Å². The average Bonchev–Trinajstić information content (AvgIpc) is 2.89. The number of carbonyl (C=O) groups is 1. The number of anilines is 3. The third-order valence-electron chi connectivity index (χ3n) is 5.75. The molecule has 4 rings (SSSR count). The van der Waals surface area contributed by atoms with E-state index in [1.165, 1.54) is 67.8 Å². The molecule has 11 heteroatoms. The van der Waals surface area contributed by atoms with Crippen molar-refractivity contribution in [3.05, 3.63) is 108 Å². The fourth-order valence-electron chi connectivity index (χ4n) is 3.65. The zero-order valence-electron chi connectivity index (χ0n) is 21.4. The van der Waals surface area contributed by atoms with E-state index in [1.807, 2.05) is 19.9 Å². The summed E-state index contributed by atoms with van der Waals surface area (Å²) in [4.78, 5) is 12.8. The first kappa shape index (κ1) is 27.7. The van der Waals surface area contributed by atoms with Crippen LogP contribution in [0, 0.1) is 13.8 Å². The number of aryl methyl sites for hydroxylation is 2. The van der Waals surface area contributed by atoms with Gasteiger partial charge in [-0.1, -0.05) is 23.8 Å². The van der Waals surface area contributed by atoms with E-state index in [0.29, 0.717) is 22.8 Å². The molecular weight excluding hydrogens is 538 g/mol. The van der Waals surface area contributed by atoms with Crippen LogP contribution >= 0.6 is 0 Å². The molecule has 0 fully saturated rings. The highest BCUT2D eigenvalue weighted by Gasteiger charge is 2.18. The van der Waals surface area contributed by atoms with E-state index >= 15 is 0 Å². The maximum atomic E-state index is 12.9. The van der Waals surface area contributed by atoms with Crippen molar-refractivity contribution in [2.24, 2.45) is 0 Å². The van der Waals surface area contributed by atoms with Gasteiger partial charge in [-0.25, -0.2) is 16.8 Å². The van der Waals surface area contributed by atoms with E-state index in [0.717, 1.165) is 11.1 Å². The molecule has 0 aliphatic heterocycles. The maximum absolute atomic E-state index is 12.9. The zero-order chi connectivity index (χ0) is 28.2. The van der Waals surface area contributed by atoms with Crippen LogP contribution < -0.4 is 19.5 Å². The number of methoxy groups -OCH3 is 1. The highest BCUT2D eigenvalue weighted by molar-refractivity contribution is 7.93. The number of amides is 1. The standard InChI is InChI=1S/C28H27N3O6S2/c1-19-4-13-24(14-5-19)38(33,34)30-23-9-7-21(8-10-23)28(32)29-22-11-15-25(16-12-22)39(35,36)31-26-18-20(2)6-17-27(26)37-3/h4-18,30-31H,1-3H3,(H,29,32). The third kappa shape index (κ3) is 6.75. The number of sulfonamides is 2. The monoisotopic (exact) mass is 565 g/mol. The first-order valence-corrected chi connectivity index (χ1v) is 14.7. The normalized spacial score (nSPS) is 11.5. The molecule has 1 amide bonds. The molecule has 0 heterocycles. The SMILES string of the molecule is COc1ccc(C)cc1NS(=O)(=O)c1ccc(NC(=O)c2ccc(NS(=O)(=O)c3ccc(C)cc3)cc2)cc1. The van der Waals surface area contributed by atoms with Gasteiger partial charge < -0.3 is 10.1 Å². The Morgan fingerprint density at radius 1 is 0.641 bits per heavy atom. The Labute approximate surface area is 228 Å². The van der Waals surface area contributed by atoms with Gasteiger partial charge in [0.25, 0.3) is 26.0 Å². The summed E-state index contributed by atoms with van der Waals surface area (Å²) in [6.45, 7) is 3.71.